The number of hydrogen-bond donors (Lipinski definition) is 1. The smallest absolute Gasteiger partial charge is 0.319 e. The molecular formula is C18H16BrFN2O4S. The molecule has 0 radical (unpaired) electrons. The van der Waals surface area contributed by atoms with Crippen molar-refractivity contribution in [1.29, 1.82) is 0 Å². The van der Waals surface area contributed by atoms with Crippen molar-refractivity contribution in [2.75, 3.05) is 12.3 Å². The molecule has 1 fully saturated rings. The van der Waals surface area contributed by atoms with Crippen molar-refractivity contribution in [2.24, 2.45) is 0 Å². The number of halogens is 2. The maximum absolute atomic E-state index is 13.1. The van der Waals surface area contributed by atoms with Gasteiger partial charge in [0.25, 0.3) is 5.91 Å². The zero-order valence-corrected chi connectivity index (χ0v) is 16.7. The first-order chi connectivity index (χ1) is 12.6. The lowest BCUT2D eigenvalue weighted by atomic mass is 9.92. The molecule has 1 N–H and O–H groups in total. The van der Waals surface area contributed by atoms with Gasteiger partial charge in [0.05, 0.1) is 10.6 Å². The third kappa shape index (κ3) is 3.74. The van der Waals surface area contributed by atoms with E-state index in [-0.39, 0.29) is 11.4 Å². The van der Waals surface area contributed by atoms with Gasteiger partial charge in [0, 0.05) is 11.0 Å². The molecule has 1 saturated heterocycles. The van der Waals surface area contributed by atoms with E-state index < -0.39 is 38.9 Å². The molecule has 3 amide bonds. The van der Waals surface area contributed by atoms with Crippen LogP contribution in [0.4, 0.5) is 9.18 Å². The fourth-order valence-corrected chi connectivity index (χ4v) is 4.32. The van der Waals surface area contributed by atoms with Crippen molar-refractivity contribution in [3.8, 4) is 0 Å². The number of carbonyl (C=O) groups excluding carboxylic acids is 2. The van der Waals surface area contributed by atoms with Crippen molar-refractivity contribution >= 4 is 37.7 Å². The third-order valence-corrected chi connectivity index (χ3v) is 6.69. The summed E-state index contributed by atoms with van der Waals surface area (Å²) in [6, 6.07) is 10.6. The minimum absolute atomic E-state index is 0.110. The first kappa shape index (κ1) is 19.5. The van der Waals surface area contributed by atoms with Gasteiger partial charge in [-0.15, -0.1) is 0 Å². The molecule has 1 atom stereocenters. The molecule has 0 spiro atoms. The quantitative estimate of drug-likeness (QED) is 0.703. The fraction of sp³-hybridized carbons (Fsp3) is 0.222. The summed E-state index contributed by atoms with van der Waals surface area (Å²) in [5.74, 6) is -1.44. The highest BCUT2D eigenvalue weighted by Gasteiger charge is 2.49. The van der Waals surface area contributed by atoms with Crippen LogP contribution >= 0.6 is 15.9 Å². The Morgan fingerprint density at radius 2 is 1.67 bits per heavy atom. The van der Waals surface area contributed by atoms with Crippen molar-refractivity contribution in [3.05, 3.63) is 64.4 Å². The summed E-state index contributed by atoms with van der Waals surface area (Å²) < 4.78 is 38.8. The Morgan fingerprint density at radius 3 is 2.26 bits per heavy atom. The second-order valence-corrected chi connectivity index (χ2v) is 9.32. The van der Waals surface area contributed by atoms with Crippen LogP contribution in [0, 0.1) is 5.82 Å². The molecule has 1 heterocycles. The highest BCUT2D eigenvalue weighted by Crippen LogP contribution is 2.29. The Labute approximate surface area is 164 Å². The number of nitrogens with zero attached hydrogens (tertiary/aromatic N) is 1. The average molecular weight is 455 g/mol. The molecule has 2 aromatic carbocycles. The van der Waals surface area contributed by atoms with E-state index in [1.807, 2.05) is 0 Å². The fourth-order valence-electron chi connectivity index (χ4n) is 2.85. The van der Waals surface area contributed by atoms with Gasteiger partial charge in [-0.2, -0.15) is 0 Å². The van der Waals surface area contributed by atoms with Crippen LogP contribution in [0.5, 0.6) is 0 Å². The van der Waals surface area contributed by atoms with Gasteiger partial charge in [-0.25, -0.2) is 17.6 Å². The Bertz CT molecular complexity index is 993. The van der Waals surface area contributed by atoms with Gasteiger partial charge >= 0.3 is 6.03 Å². The molecular weight excluding hydrogens is 439 g/mol. The normalized spacial score (nSPS) is 20.0. The van der Waals surface area contributed by atoms with Crippen molar-refractivity contribution in [3.63, 3.8) is 0 Å². The monoisotopic (exact) mass is 454 g/mol. The third-order valence-electron chi connectivity index (χ3n) is 4.45. The molecule has 2 aromatic rings. The summed E-state index contributed by atoms with van der Waals surface area (Å²) in [7, 11) is -3.66. The van der Waals surface area contributed by atoms with E-state index in [1.165, 1.54) is 43.3 Å². The first-order valence-corrected chi connectivity index (χ1v) is 10.5. The summed E-state index contributed by atoms with van der Waals surface area (Å²) in [6.07, 6.45) is 0. The van der Waals surface area contributed by atoms with Gasteiger partial charge in [-0.3, -0.25) is 9.69 Å². The van der Waals surface area contributed by atoms with Gasteiger partial charge in [-0.1, -0.05) is 28.1 Å². The van der Waals surface area contributed by atoms with E-state index in [1.54, 1.807) is 12.1 Å². The Morgan fingerprint density at radius 1 is 1.07 bits per heavy atom. The first-order valence-electron chi connectivity index (χ1n) is 8.02. The lowest BCUT2D eigenvalue weighted by molar-refractivity contribution is -0.130. The van der Waals surface area contributed by atoms with Crippen molar-refractivity contribution in [1.82, 2.24) is 10.2 Å². The SMILES string of the molecule is CC1(c2ccc(F)cc2)NC(=O)N(CCS(=O)(=O)c2ccc(Br)cc2)C1=O. The van der Waals surface area contributed by atoms with Gasteiger partial charge in [-0.05, 0) is 48.9 Å². The number of hydrogen-bond acceptors (Lipinski definition) is 4. The Kier molecular flexibility index (Phi) is 5.09. The molecule has 1 unspecified atom stereocenters. The standard InChI is InChI=1S/C18H16BrFN2O4S/c1-18(12-2-6-14(20)7-3-12)16(23)22(17(24)21-18)10-11-27(25,26)15-8-4-13(19)5-9-15/h2-9H,10-11H2,1H3,(H,21,24). The number of nitrogens with one attached hydrogen (secondary N) is 1. The molecule has 9 heteroatoms. The van der Waals surface area contributed by atoms with Crippen LogP contribution < -0.4 is 5.32 Å². The second-order valence-electron chi connectivity index (χ2n) is 6.29. The molecule has 0 aromatic heterocycles. The van der Waals surface area contributed by atoms with E-state index >= 15 is 0 Å². The summed E-state index contributed by atoms with van der Waals surface area (Å²) in [5, 5.41) is 2.56. The zero-order chi connectivity index (χ0) is 19.8. The van der Waals surface area contributed by atoms with Crippen molar-refractivity contribution in [2.45, 2.75) is 17.4 Å². The largest absolute Gasteiger partial charge is 0.325 e. The molecule has 1 aliphatic heterocycles. The number of rotatable bonds is 5. The van der Waals surface area contributed by atoms with Crippen LogP contribution in [0.3, 0.4) is 0 Å². The number of benzene rings is 2. The minimum Gasteiger partial charge on any atom is -0.319 e. The van der Waals surface area contributed by atoms with Gasteiger partial charge < -0.3 is 5.32 Å². The van der Waals surface area contributed by atoms with E-state index in [9.17, 15) is 22.4 Å². The molecule has 3 rings (SSSR count). The van der Waals surface area contributed by atoms with Gasteiger partial charge in [0.1, 0.15) is 11.4 Å². The molecule has 142 valence electrons. The Balaban J connectivity index is 1.78. The molecule has 0 bridgehead atoms. The predicted octanol–water partition coefficient (Wildman–Crippen LogP) is 2.83. The topological polar surface area (TPSA) is 83.6 Å². The predicted molar refractivity (Wildman–Crippen MR) is 100 cm³/mol. The lowest BCUT2D eigenvalue weighted by Crippen LogP contribution is -2.41. The van der Waals surface area contributed by atoms with Crippen LogP contribution in [0.2, 0.25) is 0 Å². The molecule has 0 saturated carbocycles. The van der Waals surface area contributed by atoms with Crippen LogP contribution in [0.25, 0.3) is 0 Å². The summed E-state index contributed by atoms with van der Waals surface area (Å²) in [6.45, 7) is 1.23. The zero-order valence-electron chi connectivity index (χ0n) is 14.3. The van der Waals surface area contributed by atoms with E-state index in [4.69, 9.17) is 0 Å². The number of sulfone groups is 1. The average Bonchev–Trinajstić information content (AvgIpc) is 2.84. The molecule has 6 nitrogen and oxygen atoms in total. The number of urea groups is 1. The maximum Gasteiger partial charge on any atom is 0.325 e. The number of carbonyl (C=O) groups is 2. The molecule has 1 aliphatic rings. The Hall–Kier alpha value is -2.26. The maximum atomic E-state index is 13.1. The van der Waals surface area contributed by atoms with E-state index in [2.05, 4.69) is 21.2 Å². The van der Waals surface area contributed by atoms with Gasteiger partial charge in [0.2, 0.25) is 0 Å². The van der Waals surface area contributed by atoms with Gasteiger partial charge in [0.15, 0.2) is 9.84 Å². The number of imide groups is 1. The second kappa shape index (κ2) is 7.05. The molecule has 0 aliphatic carbocycles. The van der Waals surface area contributed by atoms with Crippen LogP contribution in [0.15, 0.2) is 57.9 Å². The van der Waals surface area contributed by atoms with Crippen LogP contribution in [0.1, 0.15) is 12.5 Å². The van der Waals surface area contributed by atoms with Crippen LogP contribution in [-0.4, -0.2) is 37.6 Å². The molecule has 27 heavy (non-hydrogen) atoms. The highest BCUT2D eigenvalue weighted by atomic mass is 79.9. The summed E-state index contributed by atoms with van der Waals surface area (Å²) >= 11 is 3.24. The van der Waals surface area contributed by atoms with E-state index in [0.717, 1.165) is 9.37 Å². The van der Waals surface area contributed by atoms with E-state index in [0.29, 0.717) is 5.56 Å². The van der Waals surface area contributed by atoms with Crippen LogP contribution in [-0.2, 0) is 20.2 Å². The minimum atomic E-state index is -3.66. The summed E-state index contributed by atoms with van der Waals surface area (Å²) in [5.41, 5.74) is -0.952. The number of amides is 3. The summed E-state index contributed by atoms with van der Waals surface area (Å²) in [4.78, 5) is 26.0. The lowest BCUT2D eigenvalue weighted by Gasteiger charge is -2.22. The van der Waals surface area contributed by atoms with Crippen molar-refractivity contribution < 1.29 is 22.4 Å². The highest BCUT2D eigenvalue weighted by molar-refractivity contribution is 9.10.